The van der Waals surface area contributed by atoms with Gasteiger partial charge in [0.15, 0.2) is 17.1 Å². The predicted molar refractivity (Wildman–Crippen MR) is 133 cm³/mol. The van der Waals surface area contributed by atoms with Crippen LogP contribution in [0.3, 0.4) is 0 Å². The van der Waals surface area contributed by atoms with E-state index in [1.807, 2.05) is 95.6 Å². The zero-order chi connectivity index (χ0) is 23.9. The number of anilines is 1. The van der Waals surface area contributed by atoms with Crippen molar-refractivity contribution >= 4 is 29.3 Å². The summed E-state index contributed by atoms with van der Waals surface area (Å²) in [4.78, 5) is 26.7. The van der Waals surface area contributed by atoms with Gasteiger partial charge in [0.25, 0.3) is 5.91 Å². The average molecular weight is 473 g/mol. The largest absolute Gasteiger partial charge is 0.452 e. The van der Waals surface area contributed by atoms with Crippen LogP contribution in [-0.4, -0.2) is 45.5 Å². The summed E-state index contributed by atoms with van der Waals surface area (Å²) in [5.41, 5.74) is 2.53. The minimum Gasteiger partial charge on any atom is -0.452 e. The van der Waals surface area contributed by atoms with E-state index in [0.29, 0.717) is 11.0 Å². The number of esters is 1. The molecule has 1 atom stereocenters. The van der Waals surface area contributed by atoms with E-state index >= 15 is 0 Å². The molecule has 0 radical (unpaired) electrons. The summed E-state index contributed by atoms with van der Waals surface area (Å²) in [5.74, 6) is -0.137. The van der Waals surface area contributed by atoms with Crippen LogP contribution >= 0.6 is 11.8 Å². The maximum Gasteiger partial charge on any atom is 0.317 e. The van der Waals surface area contributed by atoms with E-state index in [9.17, 15) is 9.59 Å². The fourth-order valence-corrected chi connectivity index (χ4v) is 4.14. The van der Waals surface area contributed by atoms with E-state index in [-0.39, 0.29) is 11.7 Å². The minimum atomic E-state index is -0.912. The van der Waals surface area contributed by atoms with E-state index in [2.05, 4.69) is 10.2 Å². The van der Waals surface area contributed by atoms with Gasteiger partial charge in [0.2, 0.25) is 0 Å². The van der Waals surface area contributed by atoms with Crippen molar-refractivity contribution in [2.45, 2.75) is 18.2 Å². The summed E-state index contributed by atoms with van der Waals surface area (Å²) in [5, 5.41) is 9.24. The number of thioether (sulfide) groups is 1. The highest BCUT2D eigenvalue weighted by Gasteiger charge is 2.23. The third kappa shape index (κ3) is 5.35. The van der Waals surface area contributed by atoms with Crippen molar-refractivity contribution in [1.82, 2.24) is 14.8 Å². The van der Waals surface area contributed by atoms with Gasteiger partial charge in [0, 0.05) is 24.0 Å². The second-order valence-electron chi connectivity index (χ2n) is 7.50. The number of rotatable bonds is 8. The highest BCUT2D eigenvalue weighted by molar-refractivity contribution is 7.99. The van der Waals surface area contributed by atoms with Crippen LogP contribution in [0.4, 0.5) is 5.69 Å². The van der Waals surface area contributed by atoms with Crippen molar-refractivity contribution in [2.24, 2.45) is 0 Å². The van der Waals surface area contributed by atoms with E-state index in [4.69, 9.17) is 4.74 Å². The van der Waals surface area contributed by atoms with Gasteiger partial charge in [0.05, 0.1) is 5.75 Å². The molecule has 0 saturated carbocycles. The molecule has 7 nitrogen and oxygen atoms in total. The van der Waals surface area contributed by atoms with Crippen LogP contribution in [0.25, 0.3) is 17.1 Å². The number of amides is 1. The lowest BCUT2D eigenvalue weighted by Gasteiger charge is -2.21. The number of aromatic nitrogens is 3. The van der Waals surface area contributed by atoms with E-state index in [1.54, 1.807) is 14.0 Å². The molecular formula is C26H24N4O3S. The molecule has 8 heteroatoms. The van der Waals surface area contributed by atoms with E-state index in [1.165, 1.54) is 16.7 Å². The molecule has 0 aliphatic carbocycles. The zero-order valence-electron chi connectivity index (χ0n) is 18.9. The molecule has 34 heavy (non-hydrogen) atoms. The second kappa shape index (κ2) is 10.8. The summed E-state index contributed by atoms with van der Waals surface area (Å²) >= 11 is 1.21. The molecule has 1 heterocycles. The molecule has 4 rings (SSSR count). The molecule has 0 aliphatic rings. The van der Waals surface area contributed by atoms with Crippen molar-refractivity contribution in [1.29, 1.82) is 0 Å². The third-order valence-corrected chi connectivity index (χ3v) is 6.03. The fraction of sp³-hybridized carbons (Fsp3) is 0.154. The molecule has 172 valence electrons. The first-order valence-electron chi connectivity index (χ1n) is 10.8. The first-order valence-corrected chi connectivity index (χ1v) is 11.7. The molecule has 1 unspecified atom stereocenters. The summed E-state index contributed by atoms with van der Waals surface area (Å²) < 4.78 is 7.31. The Morgan fingerprint density at radius 3 is 2.15 bits per heavy atom. The van der Waals surface area contributed by atoms with Gasteiger partial charge < -0.3 is 9.64 Å². The van der Waals surface area contributed by atoms with Gasteiger partial charge in [-0.3, -0.25) is 14.2 Å². The highest BCUT2D eigenvalue weighted by atomic mass is 32.2. The first kappa shape index (κ1) is 23.3. The van der Waals surface area contributed by atoms with Gasteiger partial charge in [-0.05, 0) is 31.2 Å². The lowest BCUT2D eigenvalue weighted by atomic mass is 10.2. The van der Waals surface area contributed by atoms with Crippen molar-refractivity contribution < 1.29 is 14.3 Å². The van der Waals surface area contributed by atoms with Crippen LogP contribution < -0.4 is 4.90 Å². The Morgan fingerprint density at radius 1 is 0.912 bits per heavy atom. The molecule has 0 aliphatic heterocycles. The first-order chi connectivity index (χ1) is 16.5. The topological polar surface area (TPSA) is 77.3 Å². The Labute approximate surface area is 202 Å². The summed E-state index contributed by atoms with van der Waals surface area (Å²) in [7, 11) is 1.66. The number of benzene rings is 3. The molecule has 0 spiro atoms. The quantitative estimate of drug-likeness (QED) is 0.275. The molecule has 4 aromatic rings. The number of hydrogen-bond acceptors (Lipinski definition) is 6. The van der Waals surface area contributed by atoms with Crippen LogP contribution in [0.15, 0.2) is 96.2 Å². The molecule has 3 aromatic carbocycles. The lowest BCUT2D eigenvalue weighted by Crippen LogP contribution is -2.37. The standard InChI is InChI=1S/C26H24N4O3S/c1-19(25(32)29(2)21-14-8-4-9-15-21)33-23(31)18-34-26-28-27-24(20-12-6-3-7-13-20)30(26)22-16-10-5-11-17-22/h3-17,19H,18H2,1-2H3. The second-order valence-corrected chi connectivity index (χ2v) is 8.44. The number of hydrogen-bond donors (Lipinski definition) is 0. The molecule has 1 amide bonds. The molecule has 0 fully saturated rings. The highest BCUT2D eigenvalue weighted by Crippen LogP contribution is 2.28. The van der Waals surface area contributed by atoms with Gasteiger partial charge in [-0.1, -0.05) is 78.5 Å². The van der Waals surface area contributed by atoms with Crippen molar-refractivity contribution in [3.05, 3.63) is 91.0 Å². The molecule has 1 aromatic heterocycles. The molecular weight excluding hydrogens is 448 g/mol. The van der Waals surface area contributed by atoms with Crippen LogP contribution in [-0.2, 0) is 14.3 Å². The normalized spacial score (nSPS) is 11.6. The Balaban J connectivity index is 1.46. The van der Waals surface area contributed by atoms with Crippen LogP contribution in [0, 0.1) is 0 Å². The SMILES string of the molecule is CC(OC(=O)CSc1nnc(-c2ccccc2)n1-c1ccccc1)C(=O)N(C)c1ccccc1. The Bertz CT molecular complexity index is 1250. The smallest absolute Gasteiger partial charge is 0.317 e. The van der Waals surface area contributed by atoms with Gasteiger partial charge >= 0.3 is 5.97 Å². The van der Waals surface area contributed by atoms with Gasteiger partial charge in [-0.2, -0.15) is 0 Å². The predicted octanol–water partition coefficient (Wildman–Crippen LogP) is 4.62. The molecule has 0 N–H and O–H groups in total. The van der Waals surface area contributed by atoms with Crippen LogP contribution in [0.1, 0.15) is 6.92 Å². The number of nitrogens with zero attached hydrogens (tertiary/aromatic N) is 4. The third-order valence-electron chi connectivity index (χ3n) is 5.13. The number of ether oxygens (including phenoxy) is 1. The molecule has 0 bridgehead atoms. The summed E-state index contributed by atoms with van der Waals surface area (Å²) in [6.07, 6.45) is -0.912. The minimum absolute atomic E-state index is 0.00751. The average Bonchev–Trinajstić information content (AvgIpc) is 3.32. The van der Waals surface area contributed by atoms with Crippen molar-refractivity contribution in [3.8, 4) is 17.1 Å². The maximum absolute atomic E-state index is 12.7. The van der Waals surface area contributed by atoms with E-state index in [0.717, 1.165) is 16.9 Å². The number of para-hydroxylation sites is 2. The van der Waals surface area contributed by atoms with Gasteiger partial charge in [-0.25, -0.2) is 0 Å². The number of likely N-dealkylation sites (N-methyl/N-ethyl adjacent to an activating group) is 1. The summed E-state index contributed by atoms with van der Waals surface area (Å²) in [6.45, 7) is 1.57. The van der Waals surface area contributed by atoms with Crippen LogP contribution in [0.2, 0.25) is 0 Å². The summed E-state index contributed by atoms with van der Waals surface area (Å²) in [6, 6.07) is 28.7. The lowest BCUT2D eigenvalue weighted by molar-refractivity contribution is -0.151. The van der Waals surface area contributed by atoms with Gasteiger partial charge in [0.1, 0.15) is 0 Å². The Morgan fingerprint density at radius 2 is 1.50 bits per heavy atom. The van der Waals surface area contributed by atoms with E-state index < -0.39 is 12.1 Å². The monoisotopic (exact) mass is 472 g/mol. The number of carbonyl (C=O) groups is 2. The van der Waals surface area contributed by atoms with Crippen molar-refractivity contribution in [2.75, 3.05) is 17.7 Å². The fourth-order valence-electron chi connectivity index (χ4n) is 3.40. The van der Waals surface area contributed by atoms with Crippen molar-refractivity contribution in [3.63, 3.8) is 0 Å². The van der Waals surface area contributed by atoms with Gasteiger partial charge in [-0.15, -0.1) is 10.2 Å². The van der Waals surface area contributed by atoms with Crippen LogP contribution in [0.5, 0.6) is 0 Å². The Hall–Kier alpha value is -3.91. The molecule has 0 saturated heterocycles. The number of carbonyl (C=O) groups excluding carboxylic acids is 2. The Kier molecular flexibility index (Phi) is 7.39. The zero-order valence-corrected chi connectivity index (χ0v) is 19.7. The maximum atomic E-state index is 12.7.